The van der Waals surface area contributed by atoms with Gasteiger partial charge in [-0.2, -0.15) is 0 Å². The highest BCUT2D eigenvalue weighted by Crippen LogP contribution is 2.35. The molecule has 1 heterocycles. The highest BCUT2D eigenvalue weighted by Gasteiger charge is 2.39. The van der Waals surface area contributed by atoms with Crippen LogP contribution in [-0.4, -0.2) is 38.1 Å². The van der Waals surface area contributed by atoms with Gasteiger partial charge < -0.3 is 10.2 Å². The van der Waals surface area contributed by atoms with Crippen molar-refractivity contribution in [2.45, 2.75) is 18.9 Å². The van der Waals surface area contributed by atoms with E-state index in [0.29, 0.717) is 0 Å². The summed E-state index contributed by atoms with van der Waals surface area (Å²) >= 11 is 0. The second kappa shape index (κ2) is 5.40. The molecule has 2 nitrogen and oxygen atoms in total. The van der Waals surface area contributed by atoms with Crippen molar-refractivity contribution in [3.63, 3.8) is 0 Å². The van der Waals surface area contributed by atoms with E-state index in [1.54, 1.807) is 0 Å². The van der Waals surface area contributed by atoms with Crippen molar-refractivity contribution in [2.75, 3.05) is 27.2 Å². The third kappa shape index (κ3) is 2.50. The summed E-state index contributed by atoms with van der Waals surface area (Å²) in [6, 6.07) is 0.872. The Hall–Kier alpha value is 0.500. The molecule has 1 unspecified atom stereocenters. The van der Waals surface area contributed by atoms with Crippen molar-refractivity contribution >= 4 is 24.8 Å². The van der Waals surface area contributed by atoms with Gasteiger partial charge in [0.25, 0.3) is 0 Å². The molecule has 2 aliphatic rings. The van der Waals surface area contributed by atoms with Crippen molar-refractivity contribution in [3.8, 4) is 0 Å². The van der Waals surface area contributed by atoms with Gasteiger partial charge in [-0.3, -0.25) is 0 Å². The molecule has 1 aliphatic heterocycles. The maximum absolute atomic E-state index is 3.50. The van der Waals surface area contributed by atoms with Gasteiger partial charge in [0, 0.05) is 6.04 Å². The Morgan fingerprint density at radius 2 is 1.46 bits per heavy atom. The molecule has 0 amide bonds. The standard InChI is InChI=1S/C9H18N2.2ClH/c1-11(2)9-7-3-4-8(9)6-10-5-7;;/h7-10H,3-6H2,1-2H3;2*1H/t7-,8+,9?;;. The summed E-state index contributed by atoms with van der Waals surface area (Å²) in [5.41, 5.74) is 0. The van der Waals surface area contributed by atoms with Crippen LogP contribution in [0.15, 0.2) is 0 Å². The first-order valence-corrected chi connectivity index (χ1v) is 4.66. The number of hydrogen-bond acceptors (Lipinski definition) is 2. The predicted octanol–water partition coefficient (Wildman–Crippen LogP) is 1.39. The molecule has 2 bridgehead atoms. The van der Waals surface area contributed by atoms with Crippen molar-refractivity contribution in [2.24, 2.45) is 11.8 Å². The fourth-order valence-electron chi connectivity index (χ4n) is 2.90. The molecule has 0 radical (unpaired) electrons. The number of nitrogens with one attached hydrogen (secondary N) is 1. The zero-order valence-electron chi connectivity index (χ0n) is 8.32. The highest BCUT2D eigenvalue weighted by molar-refractivity contribution is 5.85. The van der Waals surface area contributed by atoms with Crippen LogP contribution in [0.4, 0.5) is 0 Å². The van der Waals surface area contributed by atoms with Gasteiger partial charge in [0.05, 0.1) is 0 Å². The molecule has 2 fully saturated rings. The highest BCUT2D eigenvalue weighted by atomic mass is 35.5. The first-order chi connectivity index (χ1) is 5.29. The summed E-state index contributed by atoms with van der Waals surface area (Å²) in [7, 11) is 4.45. The number of halogens is 2. The number of fused-ring (bicyclic) bond motifs is 2. The Morgan fingerprint density at radius 1 is 1.00 bits per heavy atom. The molecule has 0 aromatic carbocycles. The zero-order chi connectivity index (χ0) is 7.84. The second-order valence-electron chi connectivity index (χ2n) is 4.21. The minimum atomic E-state index is 0. The first kappa shape index (κ1) is 13.5. The van der Waals surface area contributed by atoms with E-state index >= 15 is 0 Å². The Balaban J connectivity index is 0.000000720. The van der Waals surface area contributed by atoms with Crippen molar-refractivity contribution < 1.29 is 0 Å². The van der Waals surface area contributed by atoms with Crippen molar-refractivity contribution in [1.82, 2.24) is 10.2 Å². The quantitative estimate of drug-likeness (QED) is 0.728. The summed E-state index contributed by atoms with van der Waals surface area (Å²) in [6.07, 6.45) is 2.89. The van der Waals surface area contributed by atoms with Crippen LogP contribution in [0, 0.1) is 11.8 Å². The molecule has 0 spiro atoms. The van der Waals surface area contributed by atoms with E-state index in [-0.39, 0.29) is 24.8 Å². The fourth-order valence-corrected chi connectivity index (χ4v) is 2.90. The fraction of sp³-hybridized carbons (Fsp3) is 1.00. The molecule has 3 atom stereocenters. The van der Waals surface area contributed by atoms with Gasteiger partial charge in [-0.1, -0.05) is 0 Å². The summed E-state index contributed by atoms with van der Waals surface area (Å²) in [5.74, 6) is 1.87. The Kier molecular flexibility index (Phi) is 5.61. The Bertz CT molecular complexity index is 137. The van der Waals surface area contributed by atoms with Crippen LogP contribution < -0.4 is 5.32 Å². The molecule has 1 N–H and O–H groups in total. The van der Waals surface area contributed by atoms with E-state index in [1.807, 2.05) is 0 Å². The van der Waals surface area contributed by atoms with Gasteiger partial charge in [0.15, 0.2) is 0 Å². The maximum atomic E-state index is 3.50. The maximum Gasteiger partial charge on any atom is 0.0170 e. The topological polar surface area (TPSA) is 15.3 Å². The third-order valence-electron chi connectivity index (χ3n) is 3.28. The van der Waals surface area contributed by atoms with Crippen LogP contribution in [0.1, 0.15) is 12.8 Å². The SMILES string of the molecule is CN(C)C1[C@@H]2CC[C@H]1CNC2.Cl.Cl. The first-order valence-electron chi connectivity index (χ1n) is 4.66. The summed E-state index contributed by atoms with van der Waals surface area (Å²) in [5, 5.41) is 3.50. The molecular weight excluding hydrogens is 207 g/mol. The molecule has 4 heteroatoms. The van der Waals surface area contributed by atoms with Crippen molar-refractivity contribution in [3.05, 3.63) is 0 Å². The van der Waals surface area contributed by atoms with Crippen LogP contribution in [0.3, 0.4) is 0 Å². The van der Waals surface area contributed by atoms with Gasteiger partial charge >= 0.3 is 0 Å². The van der Waals surface area contributed by atoms with E-state index in [1.165, 1.54) is 25.9 Å². The summed E-state index contributed by atoms with van der Waals surface area (Å²) in [4.78, 5) is 2.42. The molecule has 0 aromatic heterocycles. The van der Waals surface area contributed by atoms with Crippen LogP contribution in [0.5, 0.6) is 0 Å². The van der Waals surface area contributed by atoms with Crippen LogP contribution in [0.25, 0.3) is 0 Å². The van der Waals surface area contributed by atoms with E-state index in [9.17, 15) is 0 Å². The summed E-state index contributed by atoms with van der Waals surface area (Å²) in [6.45, 7) is 2.50. The lowest BCUT2D eigenvalue weighted by molar-refractivity contribution is 0.158. The lowest BCUT2D eigenvalue weighted by atomic mass is 9.93. The molecule has 1 saturated carbocycles. The van der Waals surface area contributed by atoms with Gasteiger partial charge in [0.1, 0.15) is 0 Å². The minimum absolute atomic E-state index is 0. The number of piperidine rings is 1. The molecule has 1 aliphatic carbocycles. The molecular formula is C9H20Cl2N2. The summed E-state index contributed by atoms with van der Waals surface area (Å²) < 4.78 is 0. The molecule has 2 rings (SSSR count). The van der Waals surface area contributed by atoms with Gasteiger partial charge in [-0.25, -0.2) is 0 Å². The number of nitrogens with zero attached hydrogens (tertiary/aromatic N) is 1. The lowest BCUT2D eigenvalue weighted by Crippen LogP contribution is -2.48. The largest absolute Gasteiger partial charge is 0.316 e. The normalized spacial score (nSPS) is 36.7. The van der Waals surface area contributed by atoms with Gasteiger partial charge in [0.2, 0.25) is 0 Å². The molecule has 13 heavy (non-hydrogen) atoms. The lowest BCUT2D eigenvalue weighted by Gasteiger charge is -2.35. The van der Waals surface area contributed by atoms with Crippen LogP contribution in [0.2, 0.25) is 0 Å². The Labute approximate surface area is 93.3 Å². The number of hydrogen-bond donors (Lipinski definition) is 1. The monoisotopic (exact) mass is 226 g/mol. The molecule has 1 saturated heterocycles. The van der Waals surface area contributed by atoms with E-state index in [4.69, 9.17) is 0 Å². The number of rotatable bonds is 1. The van der Waals surface area contributed by atoms with E-state index in [0.717, 1.165) is 17.9 Å². The smallest absolute Gasteiger partial charge is 0.0170 e. The molecule has 80 valence electrons. The predicted molar refractivity (Wildman–Crippen MR) is 61.1 cm³/mol. The molecule has 0 aromatic rings. The van der Waals surface area contributed by atoms with E-state index < -0.39 is 0 Å². The second-order valence-corrected chi connectivity index (χ2v) is 4.21. The average molecular weight is 227 g/mol. The van der Waals surface area contributed by atoms with Crippen LogP contribution in [-0.2, 0) is 0 Å². The average Bonchev–Trinajstić information content (AvgIpc) is 2.23. The van der Waals surface area contributed by atoms with E-state index in [2.05, 4.69) is 24.3 Å². The third-order valence-corrected chi connectivity index (χ3v) is 3.28. The Morgan fingerprint density at radius 3 is 1.77 bits per heavy atom. The van der Waals surface area contributed by atoms with Gasteiger partial charge in [-0.15, -0.1) is 24.8 Å². The minimum Gasteiger partial charge on any atom is -0.316 e. The van der Waals surface area contributed by atoms with Crippen LogP contribution >= 0.6 is 24.8 Å². The zero-order valence-corrected chi connectivity index (χ0v) is 9.96. The van der Waals surface area contributed by atoms with Crippen molar-refractivity contribution in [1.29, 1.82) is 0 Å². The van der Waals surface area contributed by atoms with Gasteiger partial charge in [-0.05, 0) is 51.9 Å².